The summed E-state index contributed by atoms with van der Waals surface area (Å²) in [6.07, 6.45) is 2.56. The van der Waals surface area contributed by atoms with Crippen LogP contribution in [0.1, 0.15) is 25.3 Å². The highest BCUT2D eigenvalue weighted by Crippen LogP contribution is 2.06. The van der Waals surface area contributed by atoms with E-state index in [1.165, 1.54) is 24.9 Å². The average Bonchev–Trinajstić information content (AvgIpc) is 2.16. The van der Waals surface area contributed by atoms with Crippen molar-refractivity contribution in [1.82, 2.24) is 3.11 Å². The summed E-state index contributed by atoms with van der Waals surface area (Å²) >= 11 is 2.40. The lowest BCUT2D eigenvalue weighted by Crippen LogP contribution is -2.18. The molecule has 0 aromatic heterocycles. The first-order valence-corrected chi connectivity index (χ1v) is 5.74. The molecule has 0 amide bonds. The lowest BCUT2D eigenvalue weighted by Gasteiger charge is -2.02. The summed E-state index contributed by atoms with van der Waals surface area (Å²) in [6, 6.07) is 10.6. The molecule has 0 bridgehead atoms. The highest BCUT2D eigenvalue weighted by atomic mass is 127. The van der Waals surface area contributed by atoms with E-state index in [4.69, 9.17) is 0 Å². The van der Waals surface area contributed by atoms with Crippen molar-refractivity contribution in [3.05, 3.63) is 35.9 Å². The zero-order valence-electron chi connectivity index (χ0n) is 8.04. The summed E-state index contributed by atoms with van der Waals surface area (Å²) < 4.78 is 2.34. The molecule has 1 aromatic rings. The number of rotatable bonds is 5. The first-order chi connectivity index (χ1) is 6.33. The normalized spacial score (nSPS) is 10.7. The smallest absolute Gasteiger partial charge is 0.105 e. The second-order valence-electron chi connectivity index (χ2n) is 3.18. The fourth-order valence-corrected chi connectivity index (χ4v) is 1.93. The Balaban J connectivity index is 2.32. The second-order valence-corrected chi connectivity index (χ2v) is 4.55. The molecule has 0 spiro atoms. The quantitative estimate of drug-likeness (QED) is 0.578. The van der Waals surface area contributed by atoms with E-state index in [9.17, 15) is 0 Å². The van der Waals surface area contributed by atoms with Gasteiger partial charge in [0.25, 0.3) is 0 Å². The molecule has 0 N–H and O–H groups in total. The molecule has 1 nitrogen and oxygen atoms in total. The standard InChI is InChI=1S/C11H16IN/c1-2-3-9-13(12)10-11-7-5-4-6-8-11/h4-8H,2-3,9-10H2,1H3/q+1. The summed E-state index contributed by atoms with van der Waals surface area (Å²) in [5.41, 5.74) is 1.40. The number of unbranched alkanes of at least 4 members (excludes halogenated alkanes) is 1. The molecule has 0 aliphatic rings. The van der Waals surface area contributed by atoms with Gasteiger partial charge in [0.15, 0.2) is 6.54 Å². The molecule has 1 rings (SSSR count). The Morgan fingerprint density at radius 2 is 1.92 bits per heavy atom. The van der Waals surface area contributed by atoms with Gasteiger partial charge in [-0.05, 0) is 0 Å². The van der Waals surface area contributed by atoms with Crippen LogP contribution in [0.15, 0.2) is 30.3 Å². The Morgan fingerprint density at radius 3 is 2.54 bits per heavy atom. The number of hydrogen-bond acceptors (Lipinski definition) is 1. The molecule has 0 aliphatic carbocycles. The molecule has 2 heteroatoms. The summed E-state index contributed by atoms with van der Waals surface area (Å²) in [5.74, 6) is 0. The van der Waals surface area contributed by atoms with Gasteiger partial charge in [-0.15, -0.1) is 3.11 Å². The lowest BCUT2D eigenvalue weighted by molar-refractivity contribution is 0.604. The molecule has 0 saturated heterocycles. The van der Waals surface area contributed by atoms with E-state index >= 15 is 0 Å². The van der Waals surface area contributed by atoms with Crippen LogP contribution in [-0.4, -0.2) is 6.54 Å². The molecule has 13 heavy (non-hydrogen) atoms. The highest BCUT2D eigenvalue weighted by Gasteiger charge is 2.10. The molecule has 1 radical (unpaired) electrons. The van der Waals surface area contributed by atoms with Crippen LogP contribution in [0.5, 0.6) is 0 Å². The number of nitrogens with zero attached hydrogens (tertiary/aromatic N) is 1. The Kier molecular flexibility index (Phi) is 5.39. The SMILES string of the molecule is CCCC[N+](I)Cc1ccccc1. The van der Waals surface area contributed by atoms with E-state index in [1.807, 2.05) is 0 Å². The van der Waals surface area contributed by atoms with Crippen LogP contribution >= 0.6 is 22.9 Å². The first-order valence-electron chi connectivity index (χ1n) is 4.77. The zero-order chi connectivity index (χ0) is 9.52. The van der Waals surface area contributed by atoms with Crippen molar-refractivity contribution in [2.24, 2.45) is 0 Å². The summed E-state index contributed by atoms with van der Waals surface area (Å²) in [5, 5.41) is 0. The molecule has 0 atom stereocenters. The van der Waals surface area contributed by atoms with Crippen LogP contribution in [0.4, 0.5) is 0 Å². The minimum atomic E-state index is 1.06. The van der Waals surface area contributed by atoms with Crippen molar-refractivity contribution >= 4 is 22.9 Å². The van der Waals surface area contributed by atoms with Gasteiger partial charge in [-0.2, -0.15) is 0 Å². The van der Waals surface area contributed by atoms with E-state index in [2.05, 4.69) is 63.2 Å². The van der Waals surface area contributed by atoms with Gasteiger partial charge < -0.3 is 0 Å². The van der Waals surface area contributed by atoms with E-state index < -0.39 is 0 Å². The van der Waals surface area contributed by atoms with E-state index in [-0.39, 0.29) is 0 Å². The van der Waals surface area contributed by atoms with Crippen LogP contribution in [-0.2, 0) is 6.54 Å². The van der Waals surface area contributed by atoms with E-state index in [0.29, 0.717) is 0 Å². The van der Waals surface area contributed by atoms with Gasteiger partial charge in [-0.25, -0.2) is 0 Å². The van der Waals surface area contributed by atoms with Crippen LogP contribution in [0, 0.1) is 0 Å². The van der Waals surface area contributed by atoms with Gasteiger partial charge in [0.2, 0.25) is 0 Å². The predicted molar refractivity (Wildman–Crippen MR) is 66.1 cm³/mol. The third-order valence-corrected chi connectivity index (χ3v) is 2.77. The molecule has 0 fully saturated rings. The Bertz CT molecular complexity index is 223. The monoisotopic (exact) mass is 289 g/mol. The predicted octanol–water partition coefficient (Wildman–Crippen LogP) is 3.48. The Labute approximate surface area is 94.6 Å². The van der Waals surface area contributed by atoms with Crippen molar-refractivity contribution in [2.75, 3.05) is 6.54 Å². The largest absolute Gasteiger partial charge is 0.308 e. The minimum absolute atomic E-state index is 1.06. The molecule has 0 saturated carbocycles. The fraction of sp³-hybridized carbons (Fsp3) is 0.455. The van der Waals surface area contributed by atoms with Gasteiger partial charge in [0.1, 0.15) is 6.54 Å². The lowest BCUT2D eigenvalue weighted by atomic mass is 10.2. The van der Waals surface area contributed by atoms with Crippen LogP contribution < -0.4 is 3.11 Å². The van der Waals surface area contributed by atoms with Crippen molar-refractivity contribution in [2.45, 2.75) is 26.3 Å². The number of halogens is 1. The topological polar surface area (TPSA) is 5.90 Å². The summed E-state index contributed by atoms with van der Waals surface area (Å²) in [4.78, 5) is 0. The third kappa shape index (κ3) is 4.62. The molecular weight excluding hydrogens is 273 g/mol. The molecule has 0 unspecified atom stereocenters. The molecule has 1 aromatic carbocycles. The maximum absolute atomic E-state index is 2.40. The second kappa shape index (κ2) is 6.38. The molecular formula is C11H16IN+. The molecule has 0 heterocycles. The third-order valence-electron chi connectivity index (χ3n) is 1.95. The van der Waals surface area contributed by atoms with Gasteiger partial charge in [0.05, 0.1) is 0 Å². The summed E-state index contributed by atoms with van der Waals surface area (Å²) in [6.45, 7) is 4.47. The van der Waals surface area contributed by atoms with Crippen LogP contribution in [0.25, 0.3) is 0 Å². The summed E-state index contributed by atoms with van der Waals surface area (Å²) in [7, 11) is 0. The maximum atomic E-state index is 2.40. The van der Waals surface area contributed by atoms with Crippen molar-refractivity contribution in [3.8, 4) is 0 Å². The number of benzene rings is 1. The fourth-order valence-electron chi connectivity index (χ4n) is 1.19. The van der Waals surface area contributed by atoms with E-state index in [1.54, 1.807) is 0 Å². The number of hydrogen-bond donors (Lipinski definition) is 0. The average molecular weight is 289 g/mol. The van der Waals surface area contributed by atoms with Gasteiger partial charge in [-0.1, -0.05) is 43.7 Å². The Morgan fingerprint density at radius 1 is 1.23 bits per heavy atom. The van der Waals surface area contributed by atoms with Crippen molar-refractivity contribution in [1.29, 1.82) is 0 Å². The Hall–Kier alpha value is -0.0900. The van der Waals surface area contributed by atoms with Gasteiger partial charge in [0, 0.05) is 12.0 Å². The van der Waals surface area contributed by atoms with Crippen molar-refractivity contribution in [3.63, 3.8) is 0 Å². The van der Waals surface area contributed by atoms with Gasteiger partial charge >= 0.3 is 22.9 Å². The maximum Gasteiger partial charge on any atom is 0.308 e. The minimum Gasteiger partial charge on any atom is -0.105 e. The van der Waals surface area contributed by atoms with Crippen molar-refractivity contribution < 1.29 is 0 Å². The molecule has 0 aliphatic heterocycles. The van der Waals surface area contributed by atoms with Crippen LogP contribution in [0.2, 0.25) is 0 Å². The zero-order valence-corrected chi connectivity index (χ0v) is 10.2. The highest BCUT2D eigenvalue weighted by molar-refractivity contribution is 14.1. The molecule has 71 valence electrons. The first kappa shape index (κ1) is 11.0. The van der Waals surface area contributed by atoms with Gasteiger partial charge in [-0.3, -0.25) is 0 Å². The van der Waals surface area contributed by atoms with Crippen LogP contribution in [0.3, 0.4) is 0 Å². The van der Waals surface area contributed by atoms with E-state index in [0.717, 1.165) is 6.54 Å².